The lowest BCUT2D eigenvalue weighted by atomic mass is 9.85. The highest BCUT2D eigenvalue weighted by atomic mass is 32.2. The van der Waals surface area contributed by atoms with Crippen molar-refractivity contribution in [2.24, 2.45) is 5.41 Å². The van der Waals surface area contributed by atoms with Crippen molar-refractivity contribution >= 4 is 16.0 Å². The van der Waals surface area contributed by atoms with Crippen LogP contribution in [-0.4, -0.2) is 42.6 Å². The van der Waals surface area contributed by atoms with Gasteiger partial charge in [-0.3, -0.25) is 4.79 Å². The topological polar surface area (TPSA) is 74.7 Å². The number of carboxylic acids is 1. The Bertz CT molecular complexity index is 346. The largest absolute Gasteiger partial charge is 0.480 e. The summed E-state index contributed by atoms with van der Waals surface area (Å²) in [6.07, 6.45) is 1.63. The van der Waals surface area contributed by atoms with Crippen LogP contribution >= 0.6 is 0 Å². The molecule has 0 amide bonds. The fraction of sp³-hybridized carbons (Fsp3) is 0.875. The van der Waals surface area contributed by atoms with Crippen LogP contribution in [0.2, 0.25) is 0 Å². The molecule has 0 bridgehead atoms. The van der Waals surface area contributed by atoms with E-state index in [1.807, 2.05) is 0 Å². The number of nitrogens with zero attached hydrogens (tertiary/aromatic N) is 1. The Labute approximate surface area is 83.8 Å². The van der Waals surface area contributed by atoms with E-state index >= 15 is 0 Å². The van der Waals surface area contributed by atoms with Crippen LogP contribution in [0.3, 0.4) is 0 Å². The van der Waals surface area contributed by atoms with Gasteiger partial charge in [0.2, 0.25) is 10.0 Å². The minimum absolute atomic E-state index is 0.294. The quantitative estimate of drug-likeness (QED) is 0.719. The van der Waals surface area contributed by atoms with E-state index in [9.17, 15) is 13.2 Å². The van der Waals surface area contributed by atoms with E-state index in [0.717, 1.165) is 10.6 Å². The number of hydrogen-bond donors (Lipinski definition) is 1. The fourth-order valence-corrected chi connectivity index (χ4v) is 3.05. The first kappa shape index (κ1) is 11.5. The number of carbonyl (C=O) groups is 1. The monoisotopic (exact) mass is 221 g/mol. The number of aliphatic carboxylic acids is 1. The summed E-state index contributed by atoms with van der Waals surface area (Å²) in [5.74, 6) is -1.07. The SMILES string of the molecule is CC1(C)CCN(S(C)(=O)=O)C1C(=O)O. The first-order valence-corrected chi connectivity index (χ1v) is 6.21. The fourth-order valence-electron chi connectivity index (χ4n) is 1.87. The van der Waals surface area contributed by atoms with Crippen LogP contribution < -0.4 is 0 Å². The van der Waals surface area contributed by atoms with Crippen molar-refractivity contribution in [2.75, 3.05) is 12.8 Å². The Morgan fingerprint density at radius 1 is 1.50 bits per heavy atom. The molecule has 0 radical (unpaired) electrons. The van der Waals surface area contributed by atoms with Crippen LogP contribution in [0.25, 0.3) is 0 Å². The minimum Gasteiger partial charge on any atom is -0.480 e. The summed E-state index contributed by atoms with van der Waals surface area (Å²) >= 11 is 0. The van der Waals surface area contributed by atoms with Crippen LogP contribution in [0.1, 0.15) is 20.3 Å². The molecule has 1 aliphatic heterocycles. The summed E-state index contributed by atoms with van der Waals surface area (Å²) in [4.78, 5) is 11.0. The van der Waals surface area contributed by atoms with Crippen LogP contribution in [0.5, 0.6) is 0 Å². The molecule has 1 saturated heterocycles. The van der Waals surface area contributed by atoms with Crippen LogP contribution in [0, 0.1) is 5.41 Å². The summed E-state index contributed by atoms with van der Waals surface area (Å²) in [5.41, 5.74) is -0.491. The van der Waals surface area contributed by atoms with Gasteiger partial charge in [-0.05, 0) is 11.8 Å². The zero-order valence-electron chi connectivity index (χ0n) is 8.52. The van der Waals surface area contributed by atoms with Crippen LogP contribution in [0.4, 0.5) is 0 Å². The molecule has 1 heterocycles. The van der Waals surface area contributed by atoms with Gasteiger partial charge in [-0.2, -0.15) is 4.31 Å². The van der Waals surface area contributed by atoms with Crippen molar-refractivity contribution in [3.05, 3.63) is 0 Å². The predicted molar refractivity (Wildman–Crippen MR) is 51.4 cm³/mol. The van der Waals surface area contributed by atoms with Crippen LogP contribution in [-0.2, 0) is 14.8 Å². The number of carboxylic acid groups (broad SMARTS) is 1. The van der Waals surface area contributed by atoms with Gasteiger partial charge >= 0.3 is 5.97 Å². The molecular weight excluding hydrogens is 206 g/mol. The molecule has 1 atom stereocenters. The average molecular weight is 221 g/mol. The highest BCUT2D eigenvalue weighted by Crippen LogP contribution is 2.37. The van der Waals surface area contributed by atoms with Crippen molar-refractivity contribution in [1.29, 1.82) is 0 Å². The van der Waals surface area contributed by atoms with Crippen molar-refractivity contribution in [2.45, 2.75) is 26.3 Å². The van der Waals surface area contributed by atoms with Gasteiger partial charge in [0.05, 0.1) is 6.26 Å². The van der Waals surface area contributed by atoms with Gasteiger partial charge in [-0.25, -0.2) is 8.42 Å². The summed E-state index contributed by atoms with van der Waals surface area (Å²) in [6, 6.07) is -0.933. The summed E-state index contributed by atoms with van der Waals surface area (Å²) in [6.45, 7) is 3.84. The standard InChI is InChI=1S/C8H15NO4S/c1-8(2)4-5-9(14(3,12)13)6(8)7(10)11/h6H,4-5H2,1-3H3,(H,10,11). The van der Waals surface area contributed by atoms with Gasteiger partial charge in [0.25, 0.3) is 0 Å². The average Bonchev–Trinajstić information content (AvgIpc) is 2.23. The third kappa shape index (κ3) is 1.90. The van der Waals surface area contributed by atoms with Crippen molar-refractivity contribution in [3.63, 3.8) is 0 Å². The Morgan fingerprint density at radius 2 is 2.00 bits per heavy atom. The summed E-state index contributed by atoms with van der Waals surface area (Å²) < 4.78 is 23.7. The molecular formula is C8H15NO4S. The molecule has 1 unspecified atom stereocenters. The molecule has 0 aromatic carbocycles. The maximum atomic E-state index is 11.3. The molecule has 0 aromatic heterocycles. The van der Waals surface area contributed by atoms with E-state index in [2.05, 4.69) is 0 Å². The van der Waals surface area contributed by atoms with Gasteiger partial charge in [0.15, 0.2) is 0 Å². The molecule has 0 aliphatic carbocycles. The van der Waals surface area contributed by atoms with Gasteiger partial charge < -0.3 is 5.11 Å². The van der Waals surface area contributed by atoms with Gasteiger partial charge in [-0.15, -0.1) is 0 Å². The predicted octanol–water partition coefficient (Wildman–Crippen LogP) is 0.131. The Hall–Kier alpha value is -0.620. The zero-order valence-corrected chi connectivity index (χ0v) is 9.34. The van der Waals surface area contributed by atoms with Gasteiger partial charge in [0, 0.05) is 6.54 Å². The molecule has 1 aliphatic rings. The molecule has 1 fully saturated rings. The van der Waals surface area contributed by atoms with E-state index in [0.29, 0.717) is 13.0 Å². The Morgan fingerprint density at radius 3 is 2.29 bits per heavy atom. The van der Waals surface area contributed by atoms with Crippen molar-refractivity contribution < 1.29 is 18.3 Å². The van der Waals surface area contributed by atoms with E-state index in [1.165, 1.54) is 0 Å². The Balaban J connectivity index is 3.09. The highest BCUT2D eigenvalue weighted by molar-refractivity contribution is 7.88. The second kappa shape index (κ2) is 3.20. The van der Waals surface area contributed by atoms with E-state index in [-0.39, 0.29) is 0 Å². The second-order valence-electron chi connectivity index (χ2n) is 4.35. The molecule has 82 valence electrons. The molecule has 1 N–H and O–H groups in total. The molecule has 0 aromatic rings. The third-order valence-corrected chi connectivity index (χ3v) is 3.91. The number of sulfonamides is 1. The van der Waals surface area contributed by atoms with E-state index in [4.69, 9.17) is 5.11 Å². The summed E-state index contributed by atoms with van der Waals surface area (Å²) in [7, 11) is -3.42. The van der Waals surface area contributed by atoms with Crippen molar-refractivity contribution in [3.8, 4) is 0 Å². The number of hydrogen-bond acceptors (Lipinski definition) is 3. The maximum absolute atomic E-state index is 11.3. The maximum Gasteiger partial charge on any atom is 0.322 e. The van der Waals surface area contributed by atoms with E-state index < -0.39 is 27.4 Å². The first-order chi connectivity index (χ1) is 6.16. The smallest absolute Gasteiger partial charge is 0.322 e. The molecule has 5 nitrogen and oxygen atoms in total. The van der Waals surface area contributed by atoms with Crippen molar-refractivity contribution in [1.82, 2.24) is 4.31 Å². The van der Waals surface area contributed by atoms with E-state index in [1.54, 1.807) is 13.8 Å². The normalized spacial score (nSPS) is 27.8. The molecule has 1 rings (SSSR count). The summed E-state index contributed by atoms with van der Waals surface area (Å²) in [5, 5.41) is 8.98. The lowest BCUT2D eigenvalue weighted by Gasteiger charge is -2.27. The molecule has 6 heteroatoms. The minimum atomic E-state index is -3.42. The van der Waals surface area contributed by atoms with Gasteiger partial charge in [-0.1, -0.05) is 13.8 Å². The second-order valence-corrected chi connectivity index (χ2v) is 6.29. The van der Waals surface area contributed by atoms with Gasteiger partial charge in [0.1, 0.15) is 6.04 Å². The first-order valence-electron chi connectivity index (χ1n) is 4.36. The van der Waals surface area contributed by atoms with Crippen LogP contribution in [0.15, 0.2) is 0 Å². The Kier molecular flexibility index (Phi) is 2.62. The highest BCUT2D eigenvalue weighted by Gasteiger charge is 2.48. The third-order valence-electron chi connectivity index (χ3n) is 2.66. The lowest BCUT2D eigenvalue weighted by Crippen LogP contribution is -2.45. The lowest BCUT2D eigenvalue weighted by molar-refractivity contribution is -0.143. The molecule has 14 heavy (non-hydrogen) atoms. The number of rotatable bonds is 2. The molecule has 0 spiro atoms. The molecule has 0 saturated carbocycles. The zero-order chi connectivity index (χ0) is 11.1.